The van der Waals surface area contributed by atoms with Gasteiger partial charge in [-0.2, -0.15) is 0 Å². The first kappa shape index (κ1) is 14.2. The largest absolute Gasteiger partial charge is 0.301 e. The molecule has 1 aromatic rings. The zero-order valence-corrected chi connectivity index (χ0v) is 11.0. The maximum Gasteiger partial charge on any atom is 0.301 e. The zero-order chi connectivity index (χ0) is 13.2. The maximum absolute atomic E-state index is 10.7. The number of non-ortho nitro benzene ring substituents is 1. The third-order valence-electron chi connectivity index (χ3n) is 1.59. The fraction of sp³-hybridized carbons (Fsp3) is 0. The molecule has 0 unspecified atom stereocenters. The van der Waals surface area contributed by atoms with Gasteiger partial charge in [0, 0.05) is 6.07 Å². The van der Waals surface area contributed by atoms with Gasteiger partial charge in [0.1, 0.15) is 5.69 Å². The first-order valence-corrected chi connectivity index (χ1v) is 8.30. The van der Waals surface area contributed by atoms with E-state index in [2.05, 4.69) is 4.74 Å². The van der Waals surface area contributed by atoms with Crippen LogP contribution in [0.5, 0.6) is 0 Å². The quantitative estimate of drug-likeness (QED) is 0.454. The summed E-state index contributed by atoms with van der Waals surface area (Å²) in [6, 6.07) is 2.88. The minimum Gasteiger partial charge on any atom is -0.258 e. The predicted molar refractivity (Wildman–Crippen MR) is 66.3 cm³/mol. The van der Waals surface area contributed by atoms with Gasteiger partial charge in [0.25, 0.3) is 5.69 Å². The van der Waals surface area contributed by atoms with Crippen LogP contribution < -0.4 is 0 Å². The minimum atomic E-state index is -3.18. The monoisotopic (exact) mass is 317 g/mol. The van der Waals surface area contributed by atoms with Crippen molar-refractivity contribution in [3.63, 3.8) is 0 Å². The van der Waals surface area contributed by atoms with E-state index < -0.39 is 26.3 Å². The van der Waals surface area contributed by atoms with Gasteiger partial charge < -0.3 is 0 Å². The molecule has 0 N–H and O–H groups in total. The third-order valence-corrected chi connectivity index (χ3v) is 2.71. The lowest BCUT2D eigenvalue weighted by Crippen LogP contribution is -1.92. The van der Waals surface area contributed by atoms with Crippen LogP contribution >= 0.6 is 38.8 Å². The van der Waals surface area contributed by atoms with Gasteiger partial charge in [-0.25, -0.2) is 4.74 Å². The Morgan fingerprint density at radius 2 is 1.71 bits per heavy atom. The van der Waals surface area contributed by atoms with Gasteiger partial charge in [-0.1, -0.05) is 0 Å². The van der Waals surface area contributed by atoms with Crippen molar-refractivity contribution in [2.75, 3.05) is 0 Å². The summed E-state index contributed by atoms with van der Waals surface area (Å²) < 4.78 is 3.56. The van der Waals surface area contributed by atoms with Gasteiger partial charge in [-0.15, -0.1) is 0 Å². The minimum absolute atomic E-state index is 0.200. The van der Waals surface area contributed by atoms with E-state index in [1.54, 1.807) is 0 Å². The van der Waals surface area contributed by atoms with Gasteiger partial charge in [-0.05, 0) is 39.8 Å². The standard InChI is InChI=1S/C6H3Cl3N3O4P/c7-17(8,9)10-5-2-1-4(11(13)14)3-6(5)12(15)16/h1-3H. The van der Waals surface area contributed by atoms with Crippen molar-refractivity contribution in [1.82, 2.24) is 0 Å². The highest BCUT2D eigenvalue weighted by Crippen LogP contribution is 2.67. The first-order valence-electron chi connectivity index (χ1n) is 3.85. The van der Waals surface area contributed by atoms with Crippen LogP contribution in [0.4, 0.5) is 17.1 Å². The molecule has 0 aromatic heterocycles. The van der Waals surface area contributed by atoms with Crippen molar-refractivity contribution in [3.8, 4) is 0 Å². The Balaban J connectivity index is 3.43. The van der Waals surface area contributed by atoms with Crippen molar-refractivity contribution >= 4 is 55.9 Å². The molecule has 0 radical (unpaired) electrons. The molecule has 92 valence electrons. The summed E-state index contributed by atoms with van der Waals surface area (Å²) in [5.41, 5.74) is -1.21. The van der Waals surface area contributed by atoms with Gasteiger partial charge in [-0.3, -0.25) is 20.2 Å². The Labute approximate surface area is 109 Å². The van der Waals surface area contributed by atoms with Gasteiger partial charge in [0.15, 0.2) is 0 Å². The zero-order valence-electron chi connectivity index (χ0n) is 7.79. The number of halogens is 3. The Morgan fingerprint density at radius 3 is 2.12 bits per heavy atom. The molecule has 0 atom stereocenters. The second kappa shape index (κ2) is 5.18. The average Bonchev–Trinajstić information content (AvgIpc) is 2.14. The molecule has 0 saturated heterocycles. The van der Waals surface area contributed by atoms with Gasteiger partial charge >= 0.3 is 5.69 Å². The molecule has 0 fully saturated rings. The van der Waals surface area contributed by atoms with E-state index in [-0.39, 0.29) is 5.69 Å². The van der Waals surface area contributed by atoms with Gasteiger partial charge in [0.05, 0.1) is 15.9 Å². The Kier molecular flexibility index (Phi) is 4.32. The number of nitro groups is 2. The molecule has 1 rings (SSSR count). The van der Waals surface area contributed by atoms with Crippen LogP contribution in [0.25, 0.3) is 0 Å². The lowest BCUT2D eigenvalue weighted by Gasteiger charge is -2.00. The number of nitro benzene ring substituents is 2. The molecular weight excluding hydrogens is 315 g/mol. The van der Waals surface area contributed by atoms with Crippen molar-refractivity contribution in [1.29, 1.82) is 0 Å². The van der Waals surface area contributed by atoms with Crippen LogP contribution in [-0.4, -0.2) is 9.85 Å². The number of benzene rings is 1. The van der Waals surface area contributed by atoms with Crippen LogP contribution in [0.3, 0.4) is 0 Å². The second-order valence-electron chi connectivity index (χ2n) is 2.71. The van der Waals surface area contributed by atoms with E-state index in [4.69, 9.17) is 33.7 Å². The highest BCUT2D eigenvalue weighted by Gasteiger charge is 2.21. The van der Waals surface area contributed by atoms with E-state index in [0.29, 0.717) is 0 Å². The van der Waals surface area contributed by atoms with Crippen LogP contribution in [0.2, 0.25) is 0 Å². The summed E-state index contributed by atoms with van der Waals surface area (Å²) in [6.07, 6.45) is 0. The van der Waals surface area contributed by atoms with E-state index in [0.717, 1.165) is 18.2 Å². The van der Waals surface area contributed by atoms with E-state index in [9.17, 15) is 20.2 Å². The summed E-state index contributed by atoms with van der Waals surface area (Å²) in [5, 5.41) is 18.0. The molecule has 0 amide bonds. The third kappa shape index (κ3) is 4.12. The molecule has 7 nitrogen and oxygen atoms in total. The first-order chi connectivity index (χ1) is 7.70. The van der Waals surface area contributed by atoms with Crippen molar-refractivity contribution in [3.05, 3.63) is 38.4 Å². The molecule has 0 aliphatic heterocycles. The fourth-order valence-electron chi connectivity index (χ4n) is 0.978. The van der Waals surface area contributed by atoms with Crippen LogP contribution in [-0.2, 0) is 0 Å². The highest BCUT2D eigenvalue weighted by atomic mass is 36.0. The Hall–Kier alpha value is -0.880. The number of nitrogens with zero attached hydrogens (tertiary/aromatic N) is 3. The smallest absolute Gasteiger partial charge is 0.258 e. The van der Waals surface area contributed by atoms with Crippen molar-refractivity contribution in [2.45, 2.75) is 0 Å². The average molecular weight is 318 g/mol. The van der Waals surface area contributed by atoms with E-state index in [1.807, 2.05) is 0 Å². The number of rotatable bonds is 3. The summed E-state index contributed by atoms with van der Waals surface area (Å²) in [5.74, 6) is 0. The lowest BCUT2D eigenvalue weighted by atomic mass is 10.2. The maximum atomic E-state index is 10.7. The predicted octanol–water partition coefficient (Wildman–Crippen LogP) is 4.80. The normalized spacial score (nSPS) is 11.0. The summed E-state index contributed by atoms with van der Waals surface area (Å²) in [7, 11) is 0. The topological polar surface area (TPSA) is 98.6 Å². The molecule has 0 heterocycles. The molecule has 11 heteroatoms. The molecule has 0 spiro atoms. The number of hydrogen-bond acceptors (Lipinski definition) is 5. The van der Waals surface area contributed by atoms with Crippen molar-refractivity contribution < 1.29 is 9.85 Å². The van der Waals surface area contributed by atoms with E-state index >= 15 is 0 Å². The Bertz CT molecular complexity index is 535. The summed E-state index contributed by atoms with van der Waals surface area (Å²) in [4.78, 5) is 19.6. The molecule has 0 aliphatic rings. The van der Waals surface area contributed by atoms with Crippen LogP contribution in [0, 0.1) is 20.2 Å². The molecule has 1 aromatic carbocycles. The van der Waals surface area contributed by atoms with Crippen LogP contribution in [0.1, 0.15) is 0 Å². The molecule has 0 bridgehead atoms. The van der Waals surface area contributed by atoms with Crippen LogP contribution in [0.15, 0.2) is 22.9 Å². The molecule has 17 heavy (non-hydrogen) atoms. The second-order valence-corrected chi connectivity index (χ2v) is 9.70. The summed E-state index contributed by atoms with van der Waals surface area (Å²) in [6.45, 7) is 0. The molecular formula is C6H3Cl3N3O4P. The van der Waals surface area contributed by atoms with Gasteiger partial charge in [0.2, 0.25) is 5.11 Å². The summed E-state index contributed by atoms with van der Waals surface area (Å²) >= 11 is 16.4. The number of hydrogen-bond donors (Lipinski definition) is 0. The molecule has 0 aliphatic carbocycles. The Morgan fingerprint density at radius 1 is 1.12 bits per heavy atom. The molecule has 0 saturated carbocycles. The lowest BCUT2D eigenvalue weighted by molar-refractivity contribution is -0.393. The highest BCUT2D eigenvalue weighted by molar-refractivity contribution is 8.26. The van der Waals surface area contributed by atoms with Crippen molar-refractivity contribution in [2.24, 2.45) is 4.74 Å². The SMILES string of the molecule is O=[N+]([O-])c1ccc(N=P(Cl)(Cl)Cl)c([N+](=O)[O-])c1. The van der Waals surface area contributed by atoms with E-state index in [1.165, 1.54) is 0 Å². The fourth-order valence-corrected chi connectivity index (χ4v) is 2.12.